The van der Waals surface area contributed by atoms with Crippen LogP contribution in [0.25, 0.3) is 0 Å². The summed E-state index contributed by atoms with van der Waals surface area (Å²) in [5.74, 6) is 5.29. The summed E-state index contributed by atoms with van der Waals surface area (Å²) >= 11 is 0. The Morgan fingerprint density at radius 3 is 2.43 bits per heavy atom. The van der Waals surface area contributed by atoms with Crippen LogP contribution in [-0.4, -0.2) is 30.6 Å². The lowest BCUT2D eigenvalue weighted by Gasteiger charge is -2.22. The van der Waals surface area contributed by atoms with E-state index in [0.29, 0.717) is 12.6 Å². The normalized spacial score (nSPS) is 11.2. The standard InChI is InChI=1S/C23H26F3N3O/c1-17(2)29(3)16-20-11-5-4-10-19(20)15-28-22(30)27-13-7-9-18-8-6-12-21(14-18)23(24,25)26/h4-6,8,10-12,14,17H,13,15-16H2,1-3H3,(H2,27,28,30). The summed E-state index contributed by atoms with van der Waals surface area (Å²) in [7, 11) is 2.05. The number of carbonyl (C=O) groups is 1. The summed E-state index contributed by atoms with van der Waals surface area (Å²) in [6.07, 6.45) is -4.41. The lowest BCUT2D eigenvalue weighted by molar-refractivity contribution is -0.137. The number of nitrogens with zero attached hydrogens (tertiary/aromatic N) is 1. The maximum Gasteiger partial charge on any atom is 0.416 e. The Balaban J connectivity index is 1.85. The molecule has 0 radical (unpaired) electrons. The topological polar surface area (TPSA) is 44.4 Å². The van der Waals surface area contributed by atoms with E-state index >= 15 is 0 Å². The van der Waals surface area contributed by atoms with Crippen molar-refractivity contribution >= 4 is 6.03 Å². The van der Waals surface area contributed by atoms with Crippen molar-refractivity contribution in [3.63, 3.8) is 0 Å². The molecule has 0 saturated heterocycles. The number of hydrogen-bond donors (Lipinski definition) is 2. The first kappa shape index (κ1) is 23.3. The molecule has 0 aliphatic rings. The number of alkyl halides is 3. The maximum absolute atomic E-state index is 12.7. The van der Waals surface area contributed by atoms with Crippen LogP contribution in [0.15, 0.2) is 48.5 Å². The van der Waals surface area contributed by atoms with Crippen molar-refractivity contribution in [2.75, 3.05) is 13.6 Å². The number of urea groups is 1. The zero-order valence-electron chi connectivity index (χ0n) is 17.3. The summed E-state index contributed by atoms with van der Waals surface area (Å²) in [6.45, 7) is 5.41. The lowest BCUT2D eigenvalue weighted by atomic mass is 10.1. The molecule has 7 heteroatoms. The highest BCUT2D eigenvalue weighted by atomic mass is 19.4. The molecule has 0 aliphatic heterocycles. The van der Waals surface area contributed by atoms with E-state index in [-0.39, 0.29) is 18.1 Å². The number of hydrogen-bond acceptors (Lipinski definition) is 2. The second kappa shape index (κ2) is 10.7. The summed E-state index contributed by atoms with van der Waals surface area (Å²) in [4.78, 5) is 14.2. The second-order valence-corrected chi connectivity index (χ2v) is 7.19. The third-order valence-electron chi connectivity index (χ3n) is 4.62. The minimum atomic E-state index is -4.41. The van der Waals surface area contributed by atoms with Crippen molar-refractivity contribution in [1.82, 2.24) is 15.5 Å². The highest BCUT2D eigenvalue weighted by molar-refractivity contribution is 5.74. The van der Waals surface area contributed by atoms with Gasteiger partial charge in [0, 0.05) is 24.7 Å². The van der Waals surface area contributed by atoms with Gasteiger partial charge >= 0.3 is 12.2 Å². The smallest absolute Gasteiger partial charge is 0.334 e. The third-order valence-corrected chi connectivity index (χ3v) is 4.62. The molecule has 160 valence electrons. The van der Waals surface area contributed by atoms with Crippen LogP contribution in [0.2, 0.25) is 0 Å². The zero-order chi connectivity index (χ0) is 22.1. The van der Waals surface area contributed by atoms with Gasteiger partial charge in [-0.2, -0.15) is 13.2 Å². The molecule has 0 saturated carbocycles. The third kappa shape index (κ3) is 7.45. The van der Waals surface area contributed by atoms with Gasteiger partial charge in [-0.1, -0.05) is 42.2 Å². The molecule has 0 spiro atoms. The Labute approximate surface area is 175 Å². The molecule has 0 heterocycles. The van der Waals surface area contributed by atoms with Crippen LogP contribution in [0.1, 0.15) is 36.1 Å². The molecular formula is C23H26F3N3O. The minimum absolute atomic E-state index is 0.0276. The Morgan fingerprint density at radius 2 is 1.77 bits per heavy atom. The lowest BCUT2D eigenvalue weighted by Crippen LogP contribution is -2.35. The molecule has 2 aromatic carbocycles. The fourth-order valence-electron chi connectivity index (χ4n) is 2.62. The van der Waals surface area contributed by atoms with Crippen molar-refractivity contribution in [2.45, 2.75) is 39.2 Å². The monoisotopic (exact) mass is 417 g/mol. The Morgan fingerprint density at radius 1 is 1.07 bits per heavy atom. The van der Waals surface area contributed by atoms with Gasteiger partial charge in [-0.25, -0.2) is 4.79 Å². The molecule has 0 fully saturated rings. The minimum Gasteiger partial charge on any atom is -0.334 e. The molecule has 0 atom stereocenters. The molecule has 0 unspecified atom stereocenters. The van der Waals surface area contributed by atoms with Crippen molar-refractivity contribution in [1.29, 1.82) is 0 Å². The van der Waals surface area contributed by atoms with Gasteiger partial charge in [0.25, 0.3) is 0 Å². The van der Waals surface area contributed by atoms with Crippen LogP contribution in [0.4, 0.5) is 18.0 Å². The van der Waals surface area contributed by atoms with E-state index in [4.69, 9.17) is 0 Å². The Kier molecular flexibility index (Phi) is 8.31. The van der Waals surface area contributed by atoms with Crippen molar-refractivity contribution in [3.05, 3.63) is 70.8 Å². The summed E-state index contributed by atoms with van der Waals surface area (Å²) in [6, 6.07) is 12.7. The van der Waals surface area contributed by atoms with Crippen LogP contribution in [0, 0.1) is 11.8 Å². The SMILES string of the molecule is CC(C)N(C)Cc1ccccc1CNC(=O)NCC#Cc1cccc(C(F)(F)F)c1. The zero-order valence-corrected chi connectivity index (χ0v) is 17.3. The first-order chi connectivity index (χ1) is 14.2. The fourth-order valence-corrected chi connectivity index (χ4v) is 2.62. The molecule has 0 aliphatic carbocycles. The molecule has 2 N–H and O–H groups in total. The molecule has 0 aromatic heterocycles. The Bertz CT molecular complexity index is 914. The van der Waals surface area contributed by atoms with Gasteiger partial charge in [0.1, 0.15) is 0 Å². The van der Waals surface area contributed by atoms with Gasteiger partial charge in [0.2, 0.25) is 0 Å². The molecular weight excluding hydrogens is 391 g/mol. The van der Waals surface area contributed by atoms with Crippen LogP contribution in [0.5, 0.6) is 0 Å². The largest absolute Gasteiger partial charge is 0.416 e. The van der Waals surface area contributed by atoms with Gasteiger partial charge in [-0.3, -0.25) is 4.90 Å². The summed E-state index contributed by atoms with van der Waals surface area (Å²) in [5.41, 5.74) is 1.66. The first-order valence-corrected chi connectivity index (χ1v) is 9.61. The molecule has 4 nitrogen and oxygen atoms in total. The average molecular weight is 417 g/mol. The number of benzene rings is 2. The Hall–Kier alpha value is -2.98. The van der Waals surface area contributed by atoms with E-state index in [1.54, 1.807) is 0 Å². The molecule has 0 bridgehead atoms. The van der Waals surface area contributed by atoms with Gasteiger partial charge < -0.3 is 10.6 Å². The van der Waals surface area contributed by atoms with Crippen molar-refractivity contribution in [3.8, 4) is 11.8 Å². The van der Waals surface area contributed by atoms with E-state index in [0.717, 1.165) is 29.8 Å². The summed E-state index contributed by atoms with van der Waals surface area (Å²) < 4.78 is 38.1. The van der Waals surface area contributed by atoms with E-state index in [1.165, 1.54) is 12.1 Å². The fraction of sp³-hybridized carbons (Fsp3) is 0.348. The van der Waals surface area contributed by atoms with Gasteiger partial charge in [0.15, 0.2) is 0 Å². The van der Waals surface area contributed by atoms with Crippen LogP contribution in [0.3, 0.4) is 0 Å². The van der Waals surface area contributed by atoms with E-state index < -0.39 is 11.7 Å². The van der Waals surface area contributed by atoms with E-state index in [1.807, 2.05) is 31.3 Å². The maximum atomic E-state index is 12.7. The predicted molar refractivity (Wildman–Crippen MR) is 112 cm³/mol. The van der Waals surface area contributed by atoms with Crippen LogP contribution < -0.4 is 10.6 Å². The number of amides is 2. The van der Waals surface area contributed by atoms with Crippen LogP contribution in [-0.2, 0) is 19.3 Å². The van der Waals surface area contributed by atoms with Gasteiger partial charge in [-0.15, -0.1) is 0 Å². The summed E-state index contributed by atoms with van der Waals surface area (Å²) in [5, 5.41) is 5.37. The highest BCUT2D eigenvalue weighted by Gasteiger charge is 2.30. The highest BCUT2D eigenvalue weighted by Crippen LogP contribution is 2.29. The average Bonchev–Trinajstić information content (AvgIpc) is 2.70. The quantitative estimate of drug-likeness (QED) is 0.685. The van der Waals surface area contributed by atoms with Crippen molar-refractivity contribution in [2.24, 2.45) is 0 Å². The number of nitrogens with one attached hydrogen (secondary N) is 2. The first-order valence-electron chi connectivity index (χ1n) is 9.61. The molecule has 2 aromatic rings. The van der Waals surface area contributed by atoms with E-state index in [2.05, 4.69) is 41.2 Å². The number of rotatable bonds is 6. The van der Waals surface area contributed by atoms with Crippen molar-refractivity contribution < 1.29 is 18.0 Å². The van der Waals surface area contributed by atoms with Gasteiger partial charge in [-0.05, 0) is 50.2 Å². The van der Waals surface area contributed by atoms with E-state index in [9.17, 15) is 18.0 Å². The van der Waals surface area contributed by atoms with Crippen LogP contribution >= 0.6 is 0 Å². The van der Waals surface area contributed by atoms with Gasteiger partial charge in [0.05, 0.1) is 12.1 Å². The number of halogens is 3. The molecule has 2 amide bonds. The molecule has 2 rings (SSSR count). The number of carbonyl (C=O) groups excluding carboxylic acids is 1. The molecule has 30 heavy (non-hydrogen) atoms. The second-order valence-electron chi connectivity index (χ2n) is 7.19. The predicted octanol–water partition coefficient (Wildman–Crippen LogP) is 4.40.